The van der Waals surface area contributed by atoms with E-state index in [9.17, 15) is 8.42 Å². The highest BCUT2D eigenvalue weighted by molar-refractivity contribution is 7.89. The molecule has 1 aliphatic heterocycles. The van der Waals surface area contributed by atoms with E-state index in [1.165, 1.54) is 6.07 Å². The van der Waals surface area contributed by atoms with Crippen molar-refractivity contribution in [2.75, 3.05) is 31.2 Å². The molecule has 0 unspecified atom stereocenters. The van der Waals surface area contributed by atoms with Crippen molar-refractivity contribution in [1.82, 2.24) is 0 Å². The summed E-state index contributed by atoms with van der Waals surface area (Å²) in [4.78, 5) is 2.07. The molecule has 1 aliphatic rings. The minimum Gasteiger partial charge on any atom is -0.378 e. The summed E-state index contributed by atoms with van der Waals surface area (Å²) >= 11 is 1.14. The Morgan fingerprint density at radius 1 is 1.10 bits per heavy atom. The van der Waals surface area contributed by atoms with Crippen molar-refractivity contribution >= 4 is 27.1 Å². The Morgan fingerprint density at radius 2 is 1.86 bits per heavy atom. The fraction of sp³-hybridized carbons (Fsp3) is 0.286. The highest BCUT2D eigenvalue weighted by Crippen LogP contribution is 2.31. The van der Waals surface area contributed by atoms with Crippen LogP contribution in [0.5, 0.6) is 5.75 Å². The van der Waals surface area contributed by atoms with Crippen molar-refractivity contribution in [3.8, 4) is 5.75 Å². The first-order chi connectivity index (χ1) is 10.2. The van der Waals surface area contributed by atoms with Crippen LogP contribution in [0.3, 0.4) is 0 Å². The Labute approximate surface area is 127 Å². The van der Waals surface area contributed by atoms with E-state index in [0.29, 0.717) is 19.0 Å². The van der Waals surface area contributed by atoms with E-state index in [4.69, 9.17) is 8.92 Å². The van der Waals surface area contributed by atoms with Gasteiger partial charge < -0.3 is 13.8 Å². The molecular formula is C14H15NO4S2. The molecule has 0 atom stereocenters. The lowest BCUT2D eigenvalue weighted by Gasteiger charge is -2.29. The number of morpholine rings is 1. The summed E-state index contributed by atoms with van der Waals surface area (Å²) in [6, 6.07) is 10.4. The number of thiophene rings is 1. The third-order valence-electron chi connectivity index (χ3n) is 3.16. The second-order valence-corrected chi connectivity index (χ2v) is 7.26. The van der Waals surface area contributed by atoms with Crippen LogP contribution in [0.25, 0.3) is 0 Å². The van der Waals surface area contributed by atoms with Gasteiger partial charge in [0.2, 0.25) is 0 Å². The summed E-state index contributed by atoms with van der Waals surface area (Å²) in [6.07, 6.45) is 0. The van der Waals surface area contributed by atoms with Gasteiger partial charge >= 0.3 is 10.1 Å². The number of hydrogen-bond donors (Lipinski definition) is 0. The normalized spacial score (nSPS) is 15.9. The highest BCUT2D eigenvalue weighted by atomic mass is 32.3. The van der Waals surface area contributed by atoms with Crippen molar-refractivity contribution in [1.29, 1.82) is 0 Å². The molecule has 2 aromatic rings. The third kappa shape index (κ3) is 3.20. The van der Waals surface area contributed by atoms with Crippen LogP contribution >= 0.6 is 11.3 Å². The van der Waals surface area contributed by atoms with Gasteiger partial charge in [-0.05, 0) is 23.6 Å². The molecule has 3 rings (SSSR count). The molecule has 1 fully saturated rings. The van der Waals surface area contributed by atoms with Gasteiger partial charge in [-0.25, -0.2) is 0 Å². The molecule has 0 radical (unpaired) electrons. The van der Waals surface area contributed by atoms with Crippen LogP contribution < -0.4 is 9.08 Å². The first-order valence-corrected chi connectivity index (χ1v) is 8.85. The molecule has 7 heteroatoms. The highest BCUT2D eigenvalue weighted by Gasteiger charge is 2.22. The van der Waals surface area contributed by atoms with Gasteiger partial charge in [0.05, 0.1) is 18.9 Å². The van der Waals surface area contributed by atoms with E-state index < -0.39 is 10.1 Å². The summed E-state index contributed by atoms with van der Waals surface area (Å²) in [7, 11) is -3.77. The molecule has 1 aromatic heterocycles. The molecule has 112 valence electrons. The number of benzene rings is 1. The van der Waals surface area contributed by atoms with Gasteiger partial charge in [-0.3, -0.25) is 0 Å². The predicted molar refractivity (Wildman–Crippen MR) is 81.6 cm³/mol. The fourth-order valence-electron chi connectivity index (χ4n) is 2.16. The van der Waals surface area contributed by atoms with E-state index >= 15 is 0 Å². The lowest BCUT2D eigenvalue weighted by atomic mass is 10.2. The summed E-state index contributed by atoms with van der Waals surface area (Å²) in [5.41, 5.74) is 0.779. The average molecular weight is 325 g/mol. The lowest BCUT2D eigenvalue weighted by molar-refractivity contribution is 0.122. The smallest absolute Gasteiger partial charge is 0.348 e. The monoisotopic (exact) mass is 325 g/mol. The van der Waals surface area contributed by atoms with Crippen LogP contribution in [0.15, 0.2) is 46.0 Å². The Kier molecular flexibility index (Phi) is 4.14. The number of ether oxygens (including phenoxy) is 1. The standard InChI is InChI=1S/C14H15NO4S2/c16-21(17,14-6-3-11-20-14)19-13-5-2-1-4-12(13)15-7-9-18-10-8-15/h1-6,11H,7-10H2. The molecular weight excluding hydrogens is 310 g/mol. The first-order valence-electron chi connectivity index (χ1n) is 6.56. The van der Waals surface area contributed by atoms with Crippen molar-refractivity contribution in [2.45, 2.75) is 4.21 Å². The van der Waals surface area contributed by atoms with Crippen LogP contribution in [0.1, 0.15) is 0 Å². The van der Waals surface area contributed by atoms with Crippen LogP contribution in [0, 0.1) is 0 Å². The molecule has 0 spiro atoms. The second kappa shape index (κ2) is 6.05. The van der Waals surface area contributed by atoms with E-state index in [0.717, 1.165) is 30.1 Å². The molecule has 0 N–H and O–H groups in total. The zero-order chi connectivity index (χ0) is 14.7. The SMILES string of the molecule is O=S(=O)(Oc1ccccc1N1CCOCC1)c1cccs1. The zero-order valence-corrected chi connectivity index (χ0v) is 12.9. The maximum Gasteiger partial charge on any atom is 0.348 e. The molecule has 21 heavy (non-hydrogen) atoms. The van der Waals surface area contributed by atoms with Crippen molar-refractivity contribution in [2.24, 2.45) is 0 Å². The molecule has 1 aromatic carbocycles. The summed E-state index contributed by atoms with van der Waals surface area (Å²) < 4.78 is 35.3. The number of nitrogens with zero attached hydrogens (tertiary/aromatic N) is 1. The van der Waals surface area contributed by atoms with Gasteiger partial charge in [-0.2, -0.15) is 8.42 Å². The van der Waals surface area contributed by atoms with E-state index in [2.05, 4.69) is 4.90 Å². The van der Waals surface area contributed by atoms with Gasteiger partial charge in [0.15, 0.2) is 9.96 Å². The number of rotatable bonds is 4. The topological polar surface area (TPSA) is 55.8 Å². The maximum absolute atomic E-state index is 12.2. The average Bonchev–Trinajstić information content (AvgIpc) is 3.03. The molecule has 2 heterocycles. The largest absolute Gasteiger partial charge is 0.378 e. The summed E-state index contributed by atoms with van der Waals surface area (Å²) in [5.74, 6) is 0.354. The van der Waals surface area contributed by atoms with Crippen molar-refractivity contribution in [3.05, 3.63) is 41.8 Å². The van der Waals surface area contributed by atoms with E-state index in [1.54, 1.807) is 23.6 Å². The van der Waals surface area contributed by atoms with Gasteiger partial charge in [0, 0.05) is 13.1 Å². The third-order valence-corrected chi connectivity index (χ3v) is 5.75. The van der Waals surface area contributed by atoms with Crippen molar-refractivity contribution in [3.63, 3.8) is 0 Å². The Bertz CT molecular complexity index is 692. The molecule has 0 bridgehead atoms. The Balaban J connectivity index is 1.89. The van der Waals surface area contributed by atoms with Gasteiger partial charge in [-0.15, -0.1) is 11.3 Å². The number of hydrogen-bond acceptors (Lipinski definition) is 6. The van der Waals surface area contributed by atoms with Crippen LogP contribution in [-0.4, -0.2) is 34.7 Å². The van der Waals surface area contributed by atoms with Crippen LogP contribution in [0.4, 0.5) is 5.69 Å². The maximum atomic E-state index is 12.2. The minimum absolute atomic E-state index is 0.208. The minimum atomic E-state index is -3.77. The first kappa shape index (κ1) is 14.4. The quantitative estimate of drug-likeness (QED) is 0.808. The number of anilines is 1. The van der Waals surface area contributed by atoms with E-state index in [-0.39, 0.29) is 4.21 Å². The van der Waals surface area contributed by atoms with Gasteiger partial charge in [0.25, 0.3) is 0 Å². The summed E-state index contributed by atoms with van der Waals surface area (Å²) in [5, 5.41) is 1.71. The van der Waals surface area contributed by atoms with Crippen LogP contribution in [0.2, 0.25) is 0 Å². The molecule has 0 aliphatic carbocycles. The van der Waals surface area contributed by atoms with Gasteiger partial charge in [0.1, 0.15) is 0 Å². The molecule has 0 amide bonds. The Morgan fingerprint density at radius 3 is 2.57 bits per heavy atom. The second-order valence-electron chi connectivity index (χ2n) is 4.54. The predicted octanol–water partition coefficient (Wildman–Crippen LogP) is 2.35. The van der Waals surface area contributed by atoms with Crippen molar-refractivity contribution < 1.29 is 17.3 Å². The molecule has 1 saturated heterocycles. The fourth-order valence-corrected chi connectivity index (χ4v) is 4.05. The van der Waals surface area contributed by atoms with Crippen LogP contribution in [-0.2, 0) is 14.9 Å². The summed E-state index contributed by atoms with van der Waals surface area (Å²) in [6.45, 7) is 2.71. The lowest BCUT2D eigenvalue weighted by Crippen LogP contribution is -2.36. The zero-order valence-electron chi connectivity index (χ0n) is 11.3. The number of para-hydroxylation sites is 2. The molecule has 5 nitrogen and oxygen atoms in total. The molecule has 0 saturated carbocycles. The van der Waals surface area contributed by atoms with E-state index in [1.807, 2.05) is 12.1 Å². The Hall–Kier alpha value is -1.57. The van der Waals surface area contributed by atoms with Gasteiger partial charge in [-0.1, -0.05) is 18.2 Å².